The van der Waals surface area contributed by atoms with Gasteiger partial charge in [0, 0.05) is 12.3 Å². The smallest absolute Gasteiger partial charge is 0.302 e. The van der Waals surface area contributed by atoms with Gasteiger partial charge in [-0.25, -0.2) is 0 Å². The third-order valence-corrected chi connectivity index (χ3v) is 7.41. The summed E-state index contributed by atoms with van der Waals surface area (Å²) < 4.78 is 5.15. The second kappa shape index (κ2) is 6.07. The Balaban J connectivity index is 1.65. The molecule has 138 valence electrons. The third kappa shape index (κ3) is 2.55. The molecule has 0 aliphatic heterocycles. The highest BCUT2D eigenvalue weighted by Crippen LogP contribution is 2.63. The van der Waals surface area contributed by atoms with E-state index in [2.05, 4.69) is 32.1 Å². The van der Waals surface area contributed by atoms with Crippen molar-refractivity contribution in [1.82, 2.24) is 0 Å². The molecule has 4 rings (SSSR count). The molecule has 2 saturated carbocycles. The van der Waals surface area contributed by atoms with Gasteiger partial charge in [-0.05, 0) is 74.5 Å². The molecule has 0 amide bonds. The Bertz CT molecular complexity index is 781. The van der Waals surface area contributed by atoms with E-state index >= 15 is 0 Å². The van der Waals surface area contributed by atoms with Crippen molar-refractivity contribution in [2.45, 2.75) is 52.9 Å². The summed E-state index contributed by atoms with van der Waals surface area (Å²) in [5.74, 6) is 1.16. The summed E-state index contributed by atoms with van der Waals surface area (Å²) in [6, 6.07) is 0. The van der Waals surface area contributed by atoms with Crippen molar-refractivity contribution in [1.29, 1.82) is 0 Å². The number of fused-ring (bicyclic) bond motifs is 5. The van der Waals surface area contributed by atoms with Gasteiger partial charge in [-0.3, -0.25) is 9.59 Å². The molecular formula is C23H28O3. The molecule has 0 saturated heterocycles. The van der Waals surface area contributed by atoms with E-state index in [9.17, 15) is 9.59 Å². The highest BCUT2D eigenvalue weighted by molar-refractivity contribution is 6.01. The van der Waals surface area contributed by atoms with Gasteiger partial charge in [-0.15, -0.1) is 0 Å². The largest absolute Gasteiger partial charge is 0.462 e. The Morgan fingerprint density at radius 1 is 1.31 bits per heavy atom. The second-order valence-electron chi connectivity index (χ2n) is 8.71. The predicted molar refractivity (Wildman–Crippen MR) is 101 cm³/mol. The van der Waals surface area contributed by atoms with Crippen LogP contribution in [0.5, 0.6) is 0 Å². The lowest BCUT2D eigenvalue weighted by atomic mass is 9.53. The number of esters is 1. The van der Waals surface area contributed by atoms with E-state index in [1.165, 1.54) is 30.1 Å². The molecule has 0 aromatic carbocycles. The van der Waals surface area contributed by atoms with Gasteiger partial charge in [0.2, 0.25) is 0 Å². The van der Waals surface area contributed by atoms with Crippen molar-refractivity contribution in [3.8, 4) is 0 Å². The van der Waals surface area contributed by atoms with Crippen LogP contribution in [0, 0.1) is 22.7 Å². The first kappa shape index (κ1) is 17.5. The summed E-state index contributed by atoms with van der Waals surface area (Å²) in [5.41, 5.74) is 4.39. The fourth-order valence-electron chi connectivity index (χ4n) is 5.97. The van der Waals surface area contributed by atoms with Crippen LogP contribution < -0.4 is 0 Å². The van der Waals surface area contributed by atoms with Crippen LogP contribution >= 0.6 is 0 Å². The predicted octanol–water partition coefficient (Wildman–Crippen LogP) is 4.70. The Labute approximate surface area is 155 Å². The van der Waals surface area contributed by atoms with E-state index < -0.39 is 0 Å². The van der Waals surface area contributed by atoms with Gasteiger partial charge in [0.1, 0.15) is 6.61 Å². The highest BCUT2D eigenvalue weighted by Gasteiger charge is 2.53. The zero-order valence-electron chi connectivity index (χ0n) is 16.0. The lowest BCUT2D eigenvalue weighted by Gasteiger charge is -2.51. The van der Waals surface area contributed by atoms with Gasteiger partial charge in [-0.2, -0.15) is 0 Å². The molecule has 4 atom stereocenters. The molecule has 0 bridgehead atoms. The van der Waals surface area contributed by atoms with Crippen molar-refractivity contribution in [3.05, 3.63) is 47.1 Å². The van der Waals surface area contributed by atoms with Crippen molar-refractivity contribution in [3.63, 3.8) is 0 Å². The number of carbonyl (C=O) groups is 2. The van der Waals surface area contributed by atoms with E-state index in [-0.39, 0.29) is 22.6 Å². The Kier molecular flexibility index (Phi) is 4.09. The SMILES string of the molecule is CC(=O)OC/C=C1\CC[C@H]2[C@@H]3CCC4=CC(=O)C=C[C@]4(C)C3=CC[C@]12C. The average Bonchev–Trinajstić information content (AvgIpc) is 2.92. The van der Waals surface area contributed by atoms with E-state index in [0.717, 1.165) is 25.7 Å². The van der Waals surface area contributed by atoms with E-state index in [1.54, 1.807) is 6.08 Å². The number of carbonyl (C=O) groups excluding carboxylic acids is 2. The summed E-state index contributed by atoms with van der Waals surface area (Å²) in [6.07, 6.45) is 15.9. The molecule has 0 heterocycles. The quantitative estimate of drug-likeness (QED) is 0.534. The lowest BCUT2D eigenvalue weighted by Crippen LogP contribution is -2.42. The first-order chi connectivity index (χ1) is 12.3. The zero-order valence-corrected chi connectivity index (χ0v) is 16.0. The topological polar surface area (TPSA) is 43.4 Å². The summed E-state index contributed by atoms with van der Waals surface area (Å²) >= 11 is 0. The zero-order chi connectivity index (χ0) is 18.5. The molecule has 4 aliphatic carbocycles. The molecular weight excluding hydrogens is 324 g/mol. The monoisotopic (exact) mass is 352 g/mol. The van der Waals surface area contributed by atoms with Crippen LogP contribution in [0.3, 0.4) is 0 Å². The highest BCUT2D eigenvalue weighted by atomic mass is 16.5. The normalized spacial score (nSPS) is 39.7. The molecule has 4 aliphatic rings. The fourth-order valence-corrected chi connectivity index (χ4v) is 5.97. The minimum atomic E-state index is -0.217. The fraction of sp³-hybridized carbons (Fsp3) is 0.565. The molecule has 0 unspecified atom stereocenters. The summed E-state index contributed by atoms with van der Waals surface area (Å²) in [5, 5.41) is 0. The minimum absolute atomic E-state index is 0.0671. The van der Waals surface area contributed by atoms with Crippen LogP contribution in [0.2, 0.25) is 0 Å². The van der Waals surface area contributed by atoms with Gasteiger partial charge in [0.25, 0.3) is 0 Å². The van der Waals surface area contributed by atoms with Crippen LogP contribution in [0.1, 0.15) is 52.9 Å². The summed E-state index contributed by atoms with van der Waals surface area (Å²) in [6.45, 7) is 6.54. The van der Waals surface area contributed by atoms with Crippen LogP contribution in [-0.2, 0) is 14.3 Å². The first-order valence-corrected chi connectivity index (χ1v) is 9.82. The average molecular weight is 352 g/mol. The number of ether oxygens (including phenoxy) is 1. The first-order valence-electron chi connectivity index (χ1n) is 9.82. The van der Waals surface area contributed by atoms with Crippen molar-refractivity contribution >= 4 is 11.8 Å². The Morgan fingerprint density at radius 3 is 2.88 bits per heavy atom. The molecule has 0 aromatic rings. The maximum atomic E-state index is 11.8. The van der Waals surface area contributed by atoms with Gasteiger partial charge in [-0.1, -0.05) is 35.8 Å². The van der Waals surface area contributed by atoms with Crippen LogP contribution in [0.15, 0.2) is 47.1 Å². The third-order valence-electron chi connectivity index (χ3n) is 7.41. The molecule has 2 fully saturated rings. The van der Waals surface area contributed by atoms with E-state index in [4.69, 9.17) is 4.74 Å². The van der Waals surface area contributed by atoms with E-state index in [0.29, 0.717) is 18.4 Å². The lowest BCUT2D eigenvalue weighted by molar-refractivity contribution is -0.139. The number of allylic oxidation sites excluding steroid dienone is 7. The van der Waals surface area contributed by atoms with Crippen LogP contribution in [0.4, 0.5) is 0 Å². The standard InChI is InChI=1S/C23H28O3/c1-15(24)26-13-10-16-5-7-20-19-6-4-17-14-18(25)8-11-23(17,3)21(19)9-12-22(16,20)2/h8-11,14,19-20H,4-7,12-13H2,1-3H3/b16-10+/t19-,20-,22+,23-/m0/s1. The maximum absolute atomic E-state index is 11.8. The second-order valence-corrected chi connectivity index (χ2v) is 8.71. The Morgan fingerprint density at radius 2 is 2.12 bits per heavy atom. The maximum Gasteiger partial charge on any atom is 0.302 e. The van der Waals surface area contributed by atoms with Gasteiger partial charge >= 0.3 is 5.97 Å². The molecule has 0 N–H and O–H groups in total. The van der Waals surface area contributed by atoms with E-state index in [1.807, 2.05) is 6.08 Å². The molecule has 0 aromatic heterocycles. The summed E-state index contributed by atoms with van der Waals surface area (Å²) in [7, 11) is 0. The molecule has 0 spiro atoms. The van der Waals surface area contributed by atoms with Crippen LogP contribution in [0.25, 0.3) is 0 Å². The van der Waals surface area contributed by atoms with Crippen molar-refractivity contribution < 1.29 is 14.3 Å². The number of hydrogen-bond acceptors (Lipinski definition) is 3. The molecule has 3 heteroatoms. The molecule has 26 heavy (non-hydrogen) atoms. The van der Waals surface area contributed by atoms with Crippen molar-refractivity contribution in [2.75, 3.05) is 6.61 Å². The van der Waals surface area contributed by atoms with Gasteiger partial charge in [0.15, 0.2) is 5.78 Å². The van der Waals surface area contributed by atoms with Crippen LogP contribution in [-0.4, -0.2) is 18.4 Å². The van der Waals surface area contributed by atoms with Gasteiger partial charge in [0.05, 0.1) is 0 Å². The number of hydrogen-bond donors (Lipinski definition) is 0. The van der Waals surface area contributed by atoms with Crippen molar-refractivity contribution in [2.24, 2.45) is 22.7 Å². The molecule has 0 radical (unpaired) electrons. The van der Waals surface area contributed by atoms with Gasteiger partial charge < -0.3 is 4.74 Å². The number of rotatable bonds is 2. The number of ketones is 1. The molecule has 3 nitrogen and oxygen atoms in total. The summed E-state index contributed by atoms with van der Waals surface area (Å²) in [4.78, 5) is 22.9. The minimum Gasteiger partial charge on any atom is -0.462 e. The Hall–Kier alpha value is -1.90.